The van der Waals surface area contributed by atoms with Crippen molar-refractivity contribution in [3.63, 3.8) is 0 Å². The molecule has 0 fully saturated rings. The zero-order chi connectivity index (χ0) is 33.7. The van der Waals surface area contributed by atoms with Gasteiger partial charge < -0.3 is 0 Å². The van der Waals surface area contributed by atoms with Crippen molar-refractivity contribution in [2.24, 2.45) is 0 Å². The molecule has 0 aliphatic rings. The molecule has 0 aliphatic heterocycles. The van der Waals surface area contributed by atoms with E-state index in [1.807, 2.05) is 0 Å². The molecule has 0 saturated carbocycles. The SMILES string of the molecule is CC(C)(C)c1cccc(-c2ccc(-c3ccc(-c4ccc(-c5cc(C(C)(C)C)cc(C(C)(C)C)c5)cc4)cc3C(C)(C)C)cc2)c1. The molecule has 0 aromatic heterocycles. The fraction of sp³-hybridized carbons (Fsp3) is 0.348. The molecule has 5 aromatic rings. The Morgan fingerprint density at radius 3 is 1.13 bits per heavy atom. The van der Waals surface area contributed by atoms with Crippen LogP contribution in [0.3, 0.4) is 0 Å². The van der Waals surface area contributed by atoms with Gasteiger partial charge in [0.1, 0.15) is 0 Å². The maximum atomic E-state index is 2.41. The first kappa shape index (κ1) is 33.5. The van der Waals surface area contributed by atoms with Crippen LogP contribution in [0.1, 0.15) is 105 Å². The van der Waals surface area contributed by atoms with Crippen LogP contribution in [0.25, 0.3) is 44.5 Å². The van der Waals surface area contributed by atoms with E-state index in [0.717, 1.165) is 0 Å². The average Bonchev–Trinajstić information content (AvgIpc) is 2.99. The third-order valence-corrected chi connectivity index (χ3v) is 9.30. The molecule has 0 heterocycles. The van der Waals surface area contributed by atoms with Gasteiger partial charge in [-0.05, 0) is 88.4 Å². The van der Waals surface area contributed by atoms with Crippen molar-refractivity contribution in [3.8, 4) is 44.5 Å². The van der Waals surface area contributed by atoms with Crippen LogP contribution in [0.15, 0.2) is 109 Å². The molecule has 0 heteroatoms. The van der Waals surface area contributed by atoms with Gasteiger partial charge in [-0.1, -0.05) is 192 Å². The summed E-state index contributed by atoms with van der Waals surface area (Å²) in [7, 11) is 0. The number of hydrogen-bond donors (Lipinski definition) is 0. The summed E-state index contributed by atoms with van der Waals surface area (Å²) in [5.41, 5.74) is 16.0. The molecule has 0 nitrogen and oxygen atoms in total. The largest absolute Gasteiger partial charge is 0.0614 e. The Balaban J connectivity index is 1.48. The Bertz CT molecular complexity index is 1790. The molecule has 0 N–H and O–H groups in total. The van der Waals surface area contributed by atoms with Crippen LogP contribution in [0, 0.1) is 0 Å². The minimum Gasteiger partial charge on any atom is -0.0614 e. The lowest BCUT2D eigenvalue weighted by atomic mass is 9.78. The number of benzene rings is 5. The van der Waals surface area contributed by atoms with Gasteiger partial charge in [-0.2, -0.15) is 0 Å². The second kappa shape index (κ2) is 12.0. The third-order valence-electron chi connectivity index (χ3n) is 9.30. The minimum atomic E-state index is 0.00173. The van der Waals surface area contributed by atoms with Gasteiger partial charge in [0.2, 0.25) is 0 Å². The monoisotopic (exact) mass is 606 g/mol. The summed E-state index contributed by atoms with van der Waals surface area (Å²) in [6.45, 7) is 27.6. The van der Waals surface area contributed by atoms with E-state index in [1.165, 1.54) is 66.8 Å². The highest BCUT2D eigenvalue weighted by molar-refractivity contribution is 5.78. The number of rotatable bonds is 4. The van der Waals surface area contributed by atoms with Gasteiger partial charge in [0.05, 0.1) is 0 Å². The van der Waals surface area contributed by atoms with E-state index in [0.29, 0.717) is 0 Å². The highest BCUT2D eigenvalue weighted by Gasteiger charge is 2.22. The summed E-state index contributed by atoms with van der Waals surface area (Å²) in [6, 6.07) is 41.4. The lowest BCUT2D eigenvalue weighted by Gasteiger charge is -2.26. The van der Waals surface area contributed by atoms with Crippen LogP contribution in [0.2, 0.25) is 0 Å². The Labute approximate surface area is 279 Å². The van der Waals surface area contributed by atoms with Gasteiger partial charge in [-0.15, -0.1) is 0 Å². The normalized spacial score (nSPS) is 12.8. The lowest BCUT2D eigenvalue weighted by molar-refractivity contribution is 0.569. The summed E-state index contributed by atoms with van der Waals surface area (Å²) >= 11 is 0. The molecule has 46 heavy (non-hydrogen) atoms. The van der Waals surface area contributed by atoms with E-state index in [4.69, 9.17) is 0 Å². The van der Waals surface area contributed by atoms with E-state index in [2.05, 4.69) is 192 Å². The van der Waals surface area contributed by atoms with Crippen LogP contribution in [0.4, 0.5) is 0 Å². The Hall–Kier alpha value is -3.90. The van der Waals surface area contributed by atoms with Gasteiger partial charge in [0.25, 0.3) is 0 Å². The molecular formula is C46H54. The predicted molar refractivity (Wildman–Crippen MR) is 203 cm³/mol. The lowest BCUT2D eigenvalue weighted by Crippen LogP contribution is -2.16. The molecule has 0 spiro atoms. The van der Waals surface area contributed by atoms with Gasteiger partial charge in [0.15, 0.2) is 0 Å². The van der Waals surface area contributed by atoms with Crippen molar-refractivity contribution in [1.29, 1.82) is 0 Å². The summed E-state index contributed by atoms with van der Waals surface area (Å²) in [4.78, 5) is 0. The zero-order valence-electron chi connectivity index (χ0n) is 30.4. The van der Waals surface area contributed by atoms with Crippen molar-refractivity contribution >= 4 is 0 Å². The summed E-state index contributed by atoms with van der Waals surface area (Å²) in [5, 5.41) is 0. The first-order valence-corrected chi connectivity index (χ1v) is 16.9. The highest BCUT2D eigenvalue weighted by Crippen LogP contribution is 2.39. The molecule has 5 rings (SSSR count). The Morgan fingerprint density at radius 2 is 0.674 bits per heavy atom. The molecule has 238 valence electrons. The molecule has 0 unspecified atom stereocenters. The summed E-state index contributed by atoms with van der Waals surface area (Å²) in [5.74, 6) is 0. The van der Waals surface area contributed by atoms with E-state index in [9.17, 15) is 0 Å². The van der Waals surface area contributed by atoms with E-state index < -0.39 is 0 Å². The topological polar surface area (TPSA) is 0 Å². The summed E-state index contributed by atoms with van der Waals surface area (Å²) < 4.78 is 0. The standard InChI is InChI=1S/C46H54/c1-43(2,3)38-15-13-14-35(26-38)31-20-22-34(23-21-31)41-25-24-36(29-42(41)46(10,11)12)32-16-18-33(19-17-32)37-27-39(44(4,5)6)30-40(28-37)45(7,8)9/h13-30H,1-12H3. The molecule has 0 bridgehead atoms. The molecule has 0 radical (unpaired) electrons. The van der Waals surface area contributed by atoms with Gasteiger partial charge >= 0.3 is 0 Å². The first-order valence-electron chi connectivity index (χ1n) is 16.9. The molecule has 0 amide bonds. The molecule has 0 atom stereocenters. The van der Waals surface area contributed by atoms with Crippen LogP contribution in [-0.4, -0.2) is 0 Å². The van der Waals surface area contributed by atoms with E-state index in [-0.39, 0.29) is 21.7 Å². The van der Waals surface area contributed by atoms with Crippen LogP contribution in [-0.2, 0) is 21.7 Å². The van der Waals surface area contributed by atoms with Crippen LogP contribution in [0.5, 0.6) is 0 Å². The number of hydrogen-bond acceptors (Lipinski definition) is 0. The molecule has 0 aliphatic carbocycles. The van der Waals surface area contributed by atoms with Crippen molar-refractivity contribution in [3.05, 3.63) is 131 Å². The fourth-order valence-electron chi connectivity index (χ4n) is 6.12. The Morgan fingerprint density at radius 1 is 0.283 bits per heavy atom. The first-order chi connectivity index (χ1) is 21.3. The maximum Gasteiger partial charge on any atom is -0.0125 e. The highest BCUT2D eigenvalue weighted by atomic mass is 14.3. The van der Waals surface area contributed by atoms with Gasteiger partial charge in [-0.25, -0.2) is 0 Å². The van der Waals surface area contributed by atoms with E-state index in [1.54, 1.807) is 0 Å². The van der Waals surface area contributed by atoms with Crippen LogP contribution < -0.4 is 0 Å². The smallest absolute Gasteiger partial charge is 0.0125 e. The average molecular weight is 607 g/mol. The Kier molecular flexibility index (Phi) is 8.76. The van der Waals surface area contributed by atoms with Crippen molar-refractivity contribution in [1.82, 2.24) is 0 Å². The van der Waals surface area contributed by atoms with Gasteiger partial charge in [-0.3, -0.25) is 0 Å². The zero-order valence-corrected chi connectivity index (χ0v) is 30.4. The molecular weight excluding hydrogens is 553 g/mol. The quantitative estimate of drug-likeness (QED) is 0.191. The molecule has 0 saturated heterocycles. The van der Waals surface area contributed by atoms with Crippen LogP contribution >= 0.6 is 0 Å². The fourth-order valence-corrected chi connectivity index (χ4v) is 6.12. The van der Waals surface area contributed by atoms with Gasteiger partial charge in [0, 0.05) is 0 Å². The maximum absolute atomic E-state index is 2.41. The summed E-state index contributed by atoms with van der Waals surface area (Å²) in [6.07, 6.45) is 0. The predicted octanol–water partition coefficient (Wildman–Crippen LogP) is 13.5. The van der Waals surface area contributed by atoms with Crippen molar-refractivity contribution in [2.75, 3.05) is 0 Å². The van der Waals surface area contributed by atoms with Crippen molar-refractivity contribution < 1.29 is 0 Å². The van der Waals surface area contributed by atoms with Crippen molar-refractivity contribution in [2.45, 2.75) is 105 Å². The second-order valence-corrected chi connectivity index (χ2v) is 17.3. The minimum absolute atomic E-state index is 0.00173. The molecule has 5 aromatic carbocycles. The second-order valence-electron chi connectivity index (χ2n) is 17.3. The van der Waals surface area contributed by atoms with E-state index >= 15 is 0 Å². The third kappa shape index (κ3) is 7.39.